The summed E-state index contributed by atoms with van der Waals surface area (Å²) in [5.74, 6) is -0.0193. The summed E-state index contributed by atoms with van der Waals surface area (Å²) in [6.07, 6.45) is 1.64. The van der Waals surface area contributed by atoms with Crippen LogP contribution in [0.15, 0.2) is 24.4 Å². The molecule has 1 saturated heterocycles. The zero-order valence-corrected chi connectivity index (χ0v) is 10.0. The van der Waals surface area contributed by atoms with Crippen LogP contribution in [0.3, 0.4) is 0 Å². The van der Waals surface area contributed by atoms with Gasteiger partial charge in [-0.3, -0.25) is 9.78 Å². The lowest BCUT2D eigenvalue weighted by atomic mass is 10.1. The van der Waals surface area contributed by atoms with Gasteiger partial charge in [-0.05, 0) is 19.2 Å². The molecule has 0 bridgehead atoms. The van der Waals surface area contributed by atoms with Gasteiger partial charge in [0.15, 0.2) is 0 Å². The van der Waals surface area contributed by atoms with Crippen molar-refractivity contribution in [2.24, 2.45) is 5.73 Å². The van der Waals surface area contributed by atoms with Crippen molar-refractivity contribution < 1.29 is 4.79 Å². The lowest BCUT2D eigenvalue weighted by molar-refractivity contribution is 0.0510. The SMILES string of the molecule is CN1CCN(C(=O)c2ccccn2)C(CN)C1. The molecule has 0 saturated carbocycles. The summed E-state index contributed by atoms with van der Waals surface area (Å²) in [6.45, 7) is 2.92. The average Bonchev–Trinajstić information content (AvgIpc) is 2.39. The van der Waals surface area contributed by atoms with E-state index < -0.39 is 0 Å². The number of amides is 1. The van der Waals surface area contributed by atoms with E-state index in [0.29, 0.717) is 18.8 Å². The molecule has 2 N–H and O–H groups in total. The van der Waals surface area contributed by atoms with E-state index in [4.69, 9.17) is 5.73 Å². The minimum atomic E-state index is -0.0193. The van der Waals surface area contributed by atoms with Crippen molar-refractivity contribution in [3.8, 4) is 0 Å². The Morgan fingerprint density at radius 1 is 1.53 bits per heavy atom. The van der Waals surface area contributed by atoms with Crippen LogP contribution in [0.4, 0.5) is 0 Å². The predicted molar refractivity (Wildman–Crippen MR) is 65.6 cm³/mol. The number of hydrogen-bond donors (Lipinski definition) is 1. The van der Waals surface area contributed by atoms with Crippen LogP contribution in [0.2, 0.25) is 0 Å². The van der Waals surface area contributed by atoms with Gasteiger partial charge in [0.25, 0.3) is 5.91 Å². The molecule has 0 aliphatic carbocycles. The Balaban J connectivity index is 2.13. The Morgan fingerprint density at radius 2 is 2.35 bits per heavy atom. The maximum atomic E-state index is 12.3. The Morgan fingerprint density at radius 3 is 3.00 bits per heavy atom. The van der Waals surface area contributed by atoms with Crippen LogP contribution < -0.4 is 5.73 Å². The van der Waals surface area contributed by atoms with E-state index in [2.05, 4.69) is 9.88 Å². The molecule has 1 amide bonds. The van der Waals surface area contributed by atoms with Crippen molar-refractivity contribution in [1.82, 2.24) is 14.8 Å². The van der Waals surface area contributed by atoms with Gasteiger partial charge in [0, 0.05) is 32.4 Å². The number of pyridine rings is 1. The summed E-state index contributed by atoms with van der Waals surface area (Å²) in [6, 6.07) is 5.46. The first-order valence-corrected chi connectivity index (χ1v) is 5.83. The summed E-state index contributed by atoms with van der Waals surface area (Å²) >= 11 is 0. The van der Waals surface area contributed by atoms with Gasteiger partial charge >= 0.3 is 0 Å². The molecule has 2 heterocycles. The highest BCUT2D eigenvalue weighted by Crippen LogP contribution is 2.11. The molecule has 2 rings (SSSR count). The van der Waals surface area contributed by atoms with Gasteiger partial charge in [-0.2, -0.15) is 0 Å². The quantitative estimate of drug-likeness (QED) is 0.769. The number of rotatable bonds is 2. The van der Waals surface area contributed by atoms with Crippen molar-refractivity contribution in [3.05, 3.63) is 30.1 Å². The van der Waals surface area contributed by atoms with Crippen LogP contribution in [-0.4, -0.2) is 60.0 Å². The number of carbonyl (C=O) groups is 1. The maximum absolute atomic E-state index is 12.3. The second kappa shape index (κ2) is 5.25. The van der Waals surface area contributed by atoms with Gasteiger partial charge < -0.3 is 15.5 Å². The Hall–Kier alpha value is -1.46. The van der Waals surface area contributed by atoms with Crippen LogP contribution in [-0.2, 0) is 0 Å². The Labute approximate surface area is 101 Å². The van der Waals surface area contributed by atoms with Gasteiger partial charge in [-0.1, -0.05) is 6.07 Å². The van der Waals surface area contributed by atoms with Crippen LogP contribution in [0, 0.1) is 0 Å². The molecule has 1 atom stereocenters. The molecule has 0 spiro atoms. The molecular weight excluding hydrogens is 216 g/mol. The lowest BCUT2D eigenvalue weighted by Gasteiger charge is -2.39. The zero-order chi connectivity index (χ0) is 12.3. The summed E-state index contributed by atoms with van der Waals surface area (Å²) < 4.78 is 0. The third kappa shape index (κ3) is 2.62. The summed E-state index contributed by atoms with van der Waals surface area (Å²) in [7, 11) is 2.05. The first-order chi connectivity index (χ1) is 8.22. The van der Waals surface area contributed by atoms with E-state index >= 15 is 0 Å². The standard InChI is InChI=1S/C12H18N4O/c1-15-6-7-16(10(8-13)9-15)12(17)11-4-2-3-5-14-11/h2-5,10H,6-9,13H2,1H3. The van der Waals surface area contributed by atoms with Crippen LogP contribution in [0.1, 0.15) is 10.5 Å². The van der Waals surface area contributed by atoms with Crippen molar-refractivity contribution in [1.29, 1.82) is 0 Å². The molecule has 1 aliphatic rings. The maximum Gasteiger partial charge on any atom is 0.272 e. The molecule has 1 aromatic heterocycles. The molecule has 5 heteroatoms. The fourth-order valence-electron chi connectivity index (χ4n) is 2.12. The molecule has 17 heavy (non-hydrogen) atoms. The number of nitrogens with two attached hydrogens (primary N) is 1. The van der Waals surface area contributed by atoms with E-state index in [-0.39, 0.29) is 11.9 Å². The van der Waals surface area contributed by atoms with Gasteiger partial charge in [0.2, 0.25) is 0 Å². The smallest absolute Gasteiger partial charge is 0.272 e. The van der Waals surface area contributed by atoms with E-state index in [1.807, 2.05) is 18.0 Å². The van der Waals surface area contributed by atoms with Gasteiger partial charge in [0.05, 0.1) is 6.04 Å². The second-order valence-corrected chi connectivity index (χ2v) is 4.37. The number of aromatic nitrogens is 1. The third-order valence-electron chi connectivity index (χ3n) is 3.10. The Kier molecular flexibility index (Phi) is 3.71. The first kappa shape index (κ1) is 12.0. The zero-order valence-electron chi connectivity index (χ0n) is 10.0. The minimum absolute atomic E-state index is 0.0193. The van der Waals surface area contributed by atoms with Gasteiger partial charge in [-0.25, -0.2) is 0 Å². The summed E-state index contributed by atoms with van der Waals surface area (Å²) in [4.78, 5) is 20.4. The number of likely N-dealkylation sites (N-methyl/N-ethyl adjacent to an activating group) is 1. The first-order valence-electron chi connectivity index (χ1n) is 5.83. The summed E-state index contributed by atoms with van der Waals surface area (Å²) in [5, 5.41) is 0. The Bertz CT molecular complexity index is 381. The highest BCUT2D eigenvalue weighted by molar-refractivity contribution is 5.92. The van der Waals surface area contributed by atoms with Crippen molar-refractivity contribution in [2.75, 3.05) is 33.2 Å². The van der Waals surface area contributed by atoms with Gasteiger partial charge in [-0.15, -0.1) is 0 Å². The lowest BCUT2D eigenvalue weighted by Crippen LogP contribution is -2.56. The molecule has 92 valence electrons. The fraction of sp³-hybridized carbons (Fsp3) is 0.500. The van der Waals surface area contributed by atoms with Gasteiger partial charge in [0.1, 0.15) is 5.69 Å². The van der Waals surface area contributed by atoms with E-state index in [9.17, 15) is 4.79 Å². The number of carbonyl (C=O) groups excluding carboxylic acids is 1. The van der Waals surface area contributed by atoms with E-state index in [1.165, 1.54) is 0 Å². The topological polar surface area (TPSA) is 62.5 Å². The molecule has 0 radical (unpaired) electrons. The highest BCUT2D eigenvalue weighted by Gasteiger charge is 2.28. The number of hydrogen-bond acceptors (Lipinski definition) is 4. The highest BCUT2D eigenvalue weighted by atomic mass is 16.2. The number of piperazine rings is 1. The second-order valence-electron chi connectivity index (χ2n) is 4.37. The summed E-state index contributed by atoms with van der Waals surface area (Å²) in [5.41, 5.74) is 6.23. The normalized spacial score (nSPS) is 21.5. The number of nitrogens with zero attached hydrogens (tertiary/aromatic N) is 3. The van der Waals surface area contributed by atoms with Crippen molar-refractivity contribution in [3.63, 3.8) is 0 Å². The largest absolute Gasteiger partial charge is 0.330 e. The monoisotopic (exact) mass is 234 g/mol. The van der Waals surface area contributed by atoms with Crippen LogP contribution in [0.5, 0.6) is 0 Å². The third-order valence-corrected chi connectivity index (χ3v) is 3.10. The molecular formula is C12H18N4O. The fourth-order valence-corrected chi connectivity index (χ4v) is 2.12. The van der Waals surface area contributed by atoms with Crippen LogP contribution in [0.25, 0.3) is 0 Å². The molecule has 0 aromatic carbocycles. The van der Waals surface area contributed by atoms with E-state index in [1.54, 1.807) is 18.3 Å². The molecule has 1 unspecified atom stereocenters. The molecule has 5 nitrogen and oxygen atoms in total. The average molecular weight is 234 g/mol. The molecule has 1 aliphatic heterocycles. The van der Waals surface area contributed by atoms with Crippen molar-refractivity contribution in [2.45, 2.75) is 6.04 Å². The molecule has 1 fully saturated rings. The van der Waals surface area contributed by atoms with Crippen LogP contribution >= 0.6 is 0 Å². The van der Waals surface area contributed by atoms with Crippen molar-refractivity contribution >= 4 is 5.91 Å². The minimum Gasteiger partial charge on any atom is -0.330 e. The molecule has 1 aromatic rings. The van der Waals surface area contributed by atoms with E-state index in [0.717, 1.165) is 13.1 Å². The predicted octanol–water partition coefficient (Wildman–Crippen LogP) is -0.203.